The number of hydrogen-bond acceptors (Lipinski definition) is 2. The van der Waals surface area contributed by atoms with Crippen LogP contribution in [0.2, 0.25) is 0 Å². The van der Waals surface area contributed by atoms with Crippen LogP contribution in [0.3, 0.4) is 0 Å². The fourth-order valence-corrected chi connectivity index (χ4v) is 1.03. The molecule has 0 fully saturated rings. The van der Waals surface area contributed by atoms with Crippen LogP contribution in [0.15, 0.2) is 23.9 Å². The molecular weight excluding hydrogens is 150 g/mol. The Balaban J connectivity index is 2.46. The van der Waals surface area contributed by atoms with Gasteiger partial charge in [0.15, 0.2) is 0 Å². The Hall–Kier alpha value is -1.05. The van der Waals surface area contributed by atoms with Crippen molar-refractivity contribution in [2.45, 2.75) is 20.3 Å². The van der Waals surface area contributed by atoms with Gasteiger partial charge in [-0.05, 0) is 17.8 Å². The zero-order valence-corrected chi connectivity index (χ0v) is 7.63. The van der Waals surface area contributed by atoms with Gasteiger partial charge in [-0.25, -0.2) is 0 Å². The van der Waals surface area contributed by atoms with Crippen molar-refractivity contribution in [3.05, 3.63) is 23.9 Å². The Bertz CT molecular complexity index is 226. The highest BCUT2D eigenvalue weighted by atomic mass is 16.1. The number of Topliss-reactive ketones (excluding diaryl/α,β-unsaturated/α-hetero) is 1. The van der Waals surface area contributed by atoms with E-state index in [-0.39, 0.29) is 5.92 Å². The lowest BCUT2D eigenvalue weighted by atomic mass is 10.0. The largest absolute Gasteiger partial charge is 0.387 e. The second kappa shape index (κ2) is 4.10. The molecule has 1 aliphatic heterocycles. The van der Waals surface area contributed by atoms with Gasteiger partial charge in [-0.3, -0.25) is 4.79 Å². The van der Waals surface area contributed by atoms with Crippen LogP contribution in [-0.4, -0.2) is 12.3 Å². The second-order valence-corrected chi connectivity index (χ2v) is 3.32. The summed E-state index contributed by atoms with van der Waals surface area (Å²) < 4.78 is 0. The zero-order valence-electron chi connectivity index (χ0n) is 7.63. The van der Waals surface area contributed by atoms with Crippen molar-refractivity contribution < 1.29 is 4.79 Å². The third-order valence-electron chi connectivity index (χ3n) is 1.92. The molecule has 12 heavy (non-hydrogen) atoms. The Kier molecular flexibility index (Phi) is 3.09. The first-order chi connectivity index (χ1) is 5.70. The molecule has 0 unspecified atom stereocenters. The van der Waals surface area contributed by atoms with Crippen LogP contribution in [0.4, 0.5) is 0 Å². The molecule has 1 heterocycles. The number of hydrogen-bond donors (Lipinski definition) is 1. The predicted molar refractivity (Wildman–Crippen MR) is 49.7 cm³/mol. The van der Waals surface area contributed by atoms with E-state index < -0.39 is 0 Å². The minimum atomic E-state index is 0.147. The molecule has 0 saturated carbocycles. The summed E-state index contributed by atoms with van der Waals surface area (Å²) in [5, 5.41) is 3.05. The van der Waals surface area contributed by atoms with Gasteiger partial charge < -0.3 is 5.32 Å². The Morgan fingerprint density at radius 3 is 2.92 bits per heavy atom. The van der Waals surface area contributed by atoms with Crippen LogP contribution in [0, 0.1) is 5.92 Å². The summed E-state index contributed by atoms with van der Waals surface area (Å²) in [6, 6.07) is 0. The highest BCUT2D eigenvalue weighted by molar-refractivity contribution is 5.83. The maximum Gasteiger partial charge on any atom is 0.139 e. The van der Waals surface area contributed by atoms with Crippen LogP contribution in [0.5, 0.6) is 0 Å². The molecule has 0 atom stereocenters. The van der Waals surface area contributed by atoms with E-state index in [9.17, 15) is 4.79 Å². The molecule has 66 valence electrons. The van der Waals surface area contributed by atoms with Crippen LogP contribution in [0.25, 0.3) is 0 Å². The fourth-order valence-electron chi connectivity index (χ4n) is 1.03. The summed E-state index contributed by atoms with van der Waals surface area (Å²) in [5.41, 5.74) is 1.13. The van der Waals surface area contributed by atoms with Gasteiger partial charge in [-0.1, -0.05) is 19.9 Å². The summed E-state index contributed by atoms with van der Waals surface area (Å²) in [6.45, 7) is 4.72. The maximum atomic E-state index is 11.3. The molecule has 0 aromatic carbocycles. The average molecular weight is 165 g/mol. The number of carbonyl (C=O) groups excluding carboxylic acids is 1. The minimum absolute atomic E-state index is 0.147. The molecule has 0 radical (unpaired) electrons. The van der Waals surface area contributed by atoms with Crippen molar-refractivity contribution in [3.63, 3.8) is 0 Å². The van der Waals surface area contributed by atoms with E-state index in [4.69, 9.17) is 0 Å². The van der Waals surface area contributed by atoms with Gasteiger partial charge >= 0.3 is 0 Å². The topological polar surface area (TPSA) is 29.1 Å². The normalized spacial score (nSPS) is 15.8. The van der Waals surface area contributed by atoms with Crippen molar-refractivity contribution in [1.82, 2.24) is 5.32 Å². The maximum absolute atomic E-state index is 11.3. The first-order valence-electron chi connectivity index (χ1n) is 4.32. The van der Waals surface area contributed by atoms with Gasteiger partial charge in [-0.15, -0.1) is 0 Å². The second-order valence-electron chi connectivity index (χ2n) is 3.32. The van der Waals surface area contributed by atoms with Gasteiger partial charge in [-0.2, -0.15) is 0 Å². The van der Waals surface area contributed by atoms with Gasteiger partial charge in [0.1, 0.15) is 5.78 Å². The number of dihydropyridines is 1. The Labute approximate surface area is 73.4 Å². The predicted octanol–water partition coefficient (Wildman–Crippen LogP) is 1.64. The highest BCUT2D eigenvalue weighted by Gasteiger charge is 2.08. The first-order valence-corrected chi connectivity index (χ1v) is 4.32. The van der Waals surface area contributed by atoms with E-state index in [1.807, 2.05) is 26.1 Å². The van der Waals surface area contributed by atoms with E-state index >= 15 is 0 Å². The van der Waals surface area contributed by atoms with Crippen LogP contribution >= 0.6 is 0 Å². The molecule has 0 aromatic rings. The van der Waals surface area contributed by atoms with Crippen molar-refractivity contribution in [3.8, 4) is 0 Å². The van der Waals surface area contributed by atoms with Crippen LogP contribution < -0.4 is 5.32 Å². The number of carbonyl (C=O) groups is 1. The molecule has 0 spiro atoms. The molecule has 0 saturated heterocycles. The van der Waals surface area contributed by atoms with E-state index in [1.54, 1.807) is 0 Å². The Morgan fingerprint density at radius 2 is 2.42 bits per heavy atom. The lowest BCUT2D eigenvalue weighted by molar-refractivity contribution is -0.121. The van der Waals surface area contributed by atoms with Crippen molar-refractivity contribution in [2.75, 3.05) is 6.54 Å². The molecule has 0 bridgehead atoms. The molecule has 0 aliphatic carbocycles. The quantitative estimate of drug-likeness (QED) is 0.689. The molecule has 1 rings (SSSR count). The molecule has 1 N–H and O–H groups in total. The first kappa shape index (κ1) is 9.04. The molecule has 0 amide bonds. The summed E-state index contributed by atoms with van der Waals surface area (Å²) >= 11 is 0. The van der Waals surface area contributed by atoms with Crippen molar-refractivity contribution >= 4 is 5.78 Å². The molecule has 1 aliphatic rings. The zero-order chi connectivity index (χ0) is 8.97. The van der Waals surface area contributed by atoms with Gasteiger partial charge in [0, 0.05) is 18.9 Å². The third kappa shape index (κ3) is 2.53. The average Bonchev–Trinajstić information content (AvgIpc) is 2.06. The molecular formula is C10H15NO. The summed E-state index contributed by atoms with van der Waals surface area (Å²) in [4.78, 5) is 11.3. The lowest BCUT2D eigenvalue weighted by Crippen LogP contribution is -2.12. The van der Waals surface area contributed by atoms with Crippen molar-refractivity contribution in [1.29, 1.82) is 0 Å². The SMILES string of the molecule is CC(C)C(=O)CC1=CCNC=C1. The summed E-state index contributed by atoms with van der Waals surface area (Å²) in [5.74, 6) is 0.460. The third-order valence-corrected chi connectivity index (χ3v) is 1.92. The van der Waals surface area contributed by atoms with E-state index in [2.05, 4.69) is 11.4 Å². The molecule has 0 aromatic heterocycles. The Morgan fingerprint density at radius 1 is 1.67 bits per heavy atom. The smallest absolute Gasteiger partial charge is 0.139 e. The fraction of sp³-hybridized carbons (Fsp3) is 0.500. The minimum Gasteiger partial charge on any atom is -0.387 e. The monoisotopic (exact) mass is 165 g/mol. The lowest BCUT2D eigenvalue weighted by Gasteiger charge is -2.08. The highest BCUT2D eigenvalue weighted by Crippen LogP contribution is 2.10. The number of rotatable bonds is 3. The molecule has 2 nitrogen and oxygen atoms in total. The standard InChI is InChI=1S/C10H15NO/c1-8(2)10(12)7-9-3-5-11-6-4-9/h3-5,8,11H,6-7H2,1-2H3. The van der Waals surface area contributed by atoms with Gasteiger partial charge in [0.2, 0.25) is 0 Å². The van der Waals surface area contributed by atoms with Gasteiger partial charge in [0.05, 0.1) is 0 Å². The number of allylic oxidation sites excluding steroid dienone is 2. The summed E-state index contributed by atoms with van der Waals surface area (Å²) in [7, 11) is 0. The molecule has 2 heteroatoms. The van der Waals surface area contributed by atoms with Crippen LogP contribution in [-0.2, 0) is 4.79 Å². The number of ketones is 1. The van der Waals surface area contributed by atoms with E-state index in [1.165, 1.54) is 0 Å². The van der Waals surface area contributed by atoms with Gasteiger partial charge in [0.25, 0.3) is 0 Å². The van der Waals surface area contributed by atoms with E-state index in [0.29, 0.717) is 12.2 Å². The number of nitrogens with one attached hydrogen (secondary N) is 1. The van der Waals surface area contributed by atoms with E-state index in [0.717, 1.165) is 12.1 Å². The van der Waals surface area contributed by atoms with Crippen molar-refractivity contribution in [2.24, 2.45) is 5.92 Å². The van der Waals surface area contributed by atoms with Crippen LogP contribution in [0.1, 0.15) is 20.3 Å². The summed E-state index contributed by atoms with van der Waals surface area (Å²) in [6.07, 6.45) is 6.49.